The minimum absolute atomic E-state index is 0.179. The van der Waals surface area contributed by atoms with E-state index in [4.69, 9.17) is 4.74 Å². The largest absolute Gasteiger partial charge is 0.468 e. The van der Waals surface area contributed by atoms with Crippen LogP contribution in [0.5, 0.6) is 0 Å². The zero-order valence-electron chi connectivity index (χ0n) is 13.0. The number of carbonyl (C=O) groups is 1. The van der Waals surface area contributed by atoms with Crippen LogP contribution in [0.15, 0.2) is 30.3 Å². The summed E-state index contributed by atoms with van der Waals surface area (Å²) in [4.78, 5) is 13.9. The highest BCUT2D eigenvalue weighted by molar-refractivity contribution is 5.75. The predicted octanol–water partition coefficient (Wildman–Crippen LogP) is 1.84. The van der Waals surface area contributed by atoms with Crippen LogP contribution < -0.4 is 5.32 Å². The van der Waals surface area contributed by atoms with Crippen molar-refractivity contribution in [2.24, 2.45) is 0 Å². The second-order valence-corrected chi connectivity index (χ2v) is 5.76. The van der Waals surface area contributed by atoms with E-state index >= 15 is 0 Å². The minimum atomic E-state index is -0.212. The van der Waals surface area contributed by atoms with Gasteiger partial charge in [-0.25, -0.2) is 0 Å². The lowest BCUT2D eigenvalue weighted by Crippen LogP contribution is -2.48. The van der Waals surface area contributed by atoms with E-state index in [1.54, 1.807) is 0 Å². The molecular weight excluding hydrogens is 264 g/mol. The second-order valence-electron chi connectivity index (χ2n) is 5.76. The lowest BCUT2D eigenvalue weighted by molar-refractivity contribution is -0.142. The van der Waals surface area contributed by atoms with Gasteiger partial charge in [-0.1, -0.05) is 30.3 Å². The molecule has 1 atom stereocenters. The molecule has 0 aliphatic carbocycles. The Morgan fingerprint density at radius 2 is 2.00 bits per heavy atom. The zero-order valence-corrected chi connectivity index (χ0v) is 13.0. The highest BCUT2D eigenvalue weighted by Crippen LogP contribution is 2.12. The smallest absolute Gasteiger partial charge is 0.322 e. The van der Waals surface area contributed by atoms with Crippen molar-refractivity contribution in [2.45, 2.75) is 38.3 Å². The van der Waals surface area contributed by atoms with Crippen molar-refractivity contribution in [3.8, 4) is 0 Å². The molecule has 0 bridgehead atoms. The van der Waals surface area contributed by atoms with Crippen LogP contribution >= 0.6 is 0 Å². The molecule has 4 heteroatoms. The third-order valence-corrected chi connectivity index (χ3v) is 4.19. The summed E-state index contributed by atoms with van der Waals surface area (Å²) in [5.41, 5.74) is 1.40. The molecule has 1 N–H and O–H groups in total. The molecule has 1 aromatic carbocycles. The molecule has 116 valence electrons. The highest BCUT2D eigenvalue weighted by Gasteiger charge is 2.22. The third kappa shape index (κ3) is 5.14. The minimum Gasteiger partial charge on any atom is -0.468 e. The van der Waals surface area contributed by atoms with E-state index in [2.05, 4.69) is 40.5 Å². The maximum absolute atomic E-state index is 11.4. The van der Waals surface area contributed by atoms with E-state index < -0.39 is 0 Å². The average Bonchev–Trinajstić information content (AvgIpc) is 2.54. The highest BCUT2D eigenvalue weighted by atomic mass is 16.5. The van der Waals surface area contributed by atoms with E-state index in [1.807, 2.05) is 6.92 Å². The summed E-state index contributed by atoms with van der Waals surface area (Å²) in [6.07, 6.45) is 3.30. The first-order valence-electron chi connectivity index (χ1n) is 7.79. The summed E-state index contributed by atoms with van der Waals surface area (Å²) in [5.74, 6) is -0.179. The number of carbonyl (C=O) groups excluding carboxylic acids is 1. The number of esters is 1. The van der Waals surface area contributed by atoms with Gasteiger partial charge >= 0.3 is 5.97 Å². The van der Waals surface area contributed by atoms with Crippen LogP contribution in [-0.4, -0.2) is 49.7 Å². The van der Waals surface area contributed by atoms with E-state index in [1.165, 1.54) is 12.7 Å². The quantitative estimate of drug-likeness (QED) is 0.812. The van der Waals surface area contributed by atoms with Crippen molar-refractivity contribution < 1.29 is 9.53 Å². The summed E-state index contributed by atoms with van der Waals surface area (Å²) in [6, 6.07) is 10.8. The van der Waals surface area contributed by atoms with Crippen LogP contribution in [0.3, 0.4) is 0 Å². The van der Waals surface area contributed by atoms with Crippen LogP contribution in [0.1, 0.15) is 25.3 Å². The molecule has 0 aromatic heterocycles. The van der Waals surface area contributed by atoms with Gasteiger partial charge in [0.15, 0.2) is 0 Å². The van der Waals surface area contributed by atoms with Crippen molar-refractivity contribution in [3.63, 3.8) is 0 Å². The van der Waals surface area contributed by atoms with Gasteiger partial charge < -0.3 is 15.0 Å². The van der Waals surface area contributed by atoms with Gasteiger partial charge in [0.05, 0.1) is 7.11 Å². The van der Waals surface area contributed by atoms with Gasteiger partial charge in [0.1, 0.15) is 6.04 Å². The SMILES string of the molecule is COC(=O)C(C)NC1CCN(CCc2ccccc2)CC1. The van der Waals surface area contributed by atoms with E-state index in [9.17, 15) is 4.79 Å². The lowest BCUT2D eigenvalue weighted by atomic mass is 10.0. The van der Waals surface area contributed by atoms with Crippen molar-refractivity contribution in [1.82, 2.24) is 10.2 Å². The van der Waals surface area contributed by atoms with E-state index in [-0.39, 0.29) is 12.0 Å². The number of piperidine rings is 1. The predicted molar refractivity (Wildman–Crippen MR) is 84.2 cm³/mol. The molecule has 1 aromatic rings. The summed E-state index contributed by atoms with van der Waals surface area (Å²) in [7, 11) is 1.44. The average molecular weight is 290 g/mol. The summed E-state index contributed by atoms with van der Waals surface area (Å²) in [6.45, 7) is 5.17. The van der Waals surface area contributed by atoms with Crippen molar-refractivity contribution in [1.29, 1.82) is 0 Å². The standard InChI is InChI=1S/C17H26N2O2/c1-14(17(20)21-2)18-16-9-12-19(13-10-16)11-8-15-6-4-3-5-7-15/h3-7,14,16,18H,8-13H2,1-2H3. The normalized spacial score (nSPS) is 18.4. The topological polar surface area (TPSA) is 41.6 Å². The van der Waals surface area contributed by atoms with Crippen molar-refractivity contribution >= 4 is 5.97 Å². The Bertz CT molecular complexity index is 428. The first-order chi connectivity index (χ1) is 10.2. The van der Waals surface area contributed by atoms with Gasteiger partial charge in [-0.3, -0.25) is 4.79 Å². The molecule has 0 spiro atoms. The molecule has 21 heavy (non-hydrogen) atoms. The van der Waals surface area contributed by atoms with E-state index in [0.717, 1.165) is 38.9 Å². The number of ether oxygens (including phenoxy) is 1. The van der Waals surface area contributed by atoms with E-state index in [0.29, 0.717) is 6.04 Å². The van der Waals surface area contributed by atoms with Gasteiger partial charge in [0.25, 0.3) is 0 Å². The van der Waals surface area contributed by atoms with Crippen LogP contribution in [-0.2, 0) is 16.0 Å². The number of hydrogen-bond acceptors (Lipinski definition) is 4. The molecule has 1 aliphatic rings. The van der Waals surface area contributed by atoms with Gasteiger partial charge in [-0.2, -0.15) is 0 Å². The van der Waals surface area contributed by atoms with Crippen molar-refractivity contribution in [2.75, 3.05) is 26.7 Å². The number of nitrogens with zero attached hydrogens (tertiary/aromatic N) is 1. The van der Waals surface area contributed by atoms with Crippen LogP contribution in [0, 0.1) is 0 Å². The summed E-state index contributed by atoms with van der Waals surface area (Å²) >= 11 is 0. The number of methoxy groups -OCH3 is 1. The van der Waals surface area contributed by atoms with Crippen LogP contribution in [0.4, 0.5) is 0 Å². The molecule has 1 fully saturated rings. The van der Waals surface area contributed by atoms with Gasteiger partial charge in [-0.05, 0) is 44.8 Å². The van der Waals surface area contributed by atoms with Crippen molar-refractivity contribution in [3.05, 3.63) is 35.9 Å². The maximum Gasteiger partial charge on any atom is 0.322 e. The fourth-order valence-electron chi connectivity index (χ4n) is 2.85. The molecule has 1 saturated heterocycles. The Morgan fingerprint density at radius 3 is 2.62 bits per heavy atom. The number of benzene rings is 1. The Labute approximate surface area is 127 Å². The molecule has 2 rings (SSSR count). The molecule has 1 aliphatic heterocycles. The van der Waals surface area contributed by atoms with Crippen LogP contribution in [0.2, 0.25) is 0 Å². The second kappa shape index (κ2) is 8.15. The fourth-order valence-corrected chi connectivity index (χ4v) is 2.85. The Hall–Kier alpha value is -1.39. The molecule has 0 radical (unpaired) electrons. The zero-order chi connectivity index (χ0) is 15.1. The molecule has 1 unspecified atom stereocenters. The van der Waals surface area contributed by atoms with Crippen LogP contribution in [0.25, 0.3) is 0 Å². The summed E-state index contributed by atoms with van der Waals surface area (Å²) < 4.78 is 4.75. The van der Waals surface area contributed by atoms with Gasteiger partial charge in [-0.15, -0.1) is 0 Å². The third-order valence-electron chi connectivity index (χ3n) is 4.19. The first-order valence-corrected chi connectivity index (χ1v) is 7.79. The Kier molecular flexibility index (Phi) is 6.21. The fraction of sp³-hybridized carbons (Fsp3) is 0.588. The Morgan fingerprint density at radius 1 is 1.33 bits per heavy atom. The summed E-state index contributed by atoms with van der Waals surface area (Å²) in [5, 5.41) is 3.36. The van der Waals surface area contributed by atoms with Gasteiger partial charge in [0, 0.05) is 12.6 Å². The molecule has 0 amide bonds. The first kappa shape index (κ1) is 16.0. The number of rotatable bonds is 6. The molecular formula is C17H26N2O2. The molecule has 4 nitrogen and oxygen atoms in total. The Balaban J connectivity index is 1.67. The molecule has 0 saturated carbocycles. The monoisotopic (exact) mass is 290 g/mol. The van der Waals surface area contributed by atoms with Gasteiger partial charge in [0.2, 0.25) is 0 Å². The number of hydrogen-bond donors (Lipinski definition) is 1. The molecule has 1 heterocycles. The maximum atomic E-state index is 11.4. The number of likely N-dealkylation sites (tertiary alicyclic amines) is 1. The number of nitrogens with one attached hydrogen (secondary N) is 1. The lowest BCUT2D eigenvalue weighted by Gasteiger charge is -2.33.